The second-order valence-electron chi connectivity index (χ2n) is 4.32. The summed E-state index contributed by atoms with van der Waals surface area (Å²) in [5, 5.41) is 11.2. The number of carbonyl (C=O) groups is 2. The molecule has 0 aliphatic heterocycles. The third-order valence-electron chi connectivity index (χ3n) is 2.76. The Morgan fingerprint density at radius 3 is 2.25 bits per heavy atom. The number of amides is 1. The van der Waals surface area contributed by atoms with E-state index in [0.717, 1.165) is 5.56 Å². The van der Waals surface area contributed by atoms with E-state index < -0.39 is 17.7 Å². The van der Waals surface area contributed by atoms with E-state index in [9.17, 15) is 14.0 Å². The SMILES string of the molecule is Cc1ccc(F)c(NC(=O)c2ccc(C(=O)O)cc2)c1. The van der Waals surface area contributed by atoms with Crippen LogP contribution in [0.5, 0.6) is 0 Å². The van der Waals surface area contributed by atoms with Gasteiger partial charge in [0.05, 0.1) is 11.3 Å². The van der Waals surface area contributed by atoms with Crippen molar-refractivity contribution in [2.45, 2.75) is 6.92 Å². The fourth-order valence-electron chi connectivity index (χ4n) is 1.69. The fourth-order valence-corrected chi connectivity index (χ4v) is 1.69. The third kappa shape index (κ3) is 3.00. The van der Waals surface area contributed by atoms with Crippen LogP contribution in [0.25, 0.3) is 0 Å². The van der Waals surface area contributed by atoms with Crippen molar-refractivity contribution in [3.8, 4) is 0 Å². The zero-order valence-corrected chi connectivity index (χ0v) is 10.7. The van der Waals surface area contributed by atoms with Gasteiger partial charge in [0.25, 0.3) is 5.91 Å². The lowest BCUT2D eigenvalue weighted by molar-refractivity contribution is 0.0696. The highest BCUT2D eigenvalue weighted by molar-refractivity contribution is 6.04. The molecule has 0 spiro atoms. The van der Waals surface area contributed by atoms with Crippen LogP contribution in [0.4, 0.5) is 10.1 Å². The van der Waals surface area contributed by atoms with Crippen molar-refractivity contribution in [1.82, 2.24) is 0 Å². The van der Waals surface area contributed by atoms with Crippen LogP contribution in [0.15, 0.2) is 42.5 Å². The van der Waals surface area contributed by atoms with Crippen LogP contribution >= 0.6 is 0 Å². The van der Waals surface area contributed by atoms with E-state index in [1.807, 2.05) is 0 Å². The predicted octanol–water partition coefficient (Wildman–Crippen LogP) is 3.08. The number of hydrogen-bond acceptors (Lipinski definition) is 2. The molecule has 0 unspecified atom stereocenters. The van der Waals surface area contributed by atoms with Crippen molar-refractivity contribution in [3.05, 3.63) is 65.0 Å². The lowest BCUT2D eigenvalue weighted by Crippen LogP contribution is -2.13. The number of anilines is 1. The van der Waals surface area contributed by atoms with Gasteiger partial charge in [-0.2, -0.15) is 0 Å². The Kier molecular flexibility index (Phi) is 3.79. The average molecular weight is 273 g/mol. The van der Waals surface area contributed by atoms with Gasteiger partial charge >= 0.3 is 5.97 Å². The van der Waals surface area contributed by atoms with E-state index in [0.29, 0.717) is 0 Å². The molecule has 0 fully saturated rings. The maximum atomic E-state index is 13.5. The Hall–Kier alpha value is -2.69. The molecule has 2 aromatic rings. The Labute approximate surface area is 114 Å². The van der Waals surface area contributed by atoms with Gasteiger partial charge < -0.3 is 10.4 Å². The highest BCUT2D eigenvalue weighted by Crippen LogP contribution is 2.17. The highest BCUT2D eigenvalue weighted by atomic mass is 19.1. The summed E-state index contributed by atoms with van der Waals surface area (Å²) >= 11 is 0. The number of rotatable bonds is 3. The van der Waals surface area contributed by atoms with E-state index in [2.05, 4.69) is 5.32 Å². The van der Waals surface area contributed by atoms with Crippen LogP contribution in [0, 0.1) is 12.7 Å². The number of halogens is 1. The van der Waals surface area contributed by atoms with E-state index in [1.165, 1.54) is 36.4 Å². The van der Waals surface area contributed by atoms with Crippen LogP contribution in [0.3, 0.4) is 0 Å². The number of carboxylic acids is 1. The van der Waals surface area contributed by atoms with Crippen LogP contribution in [-0.4, -0.2) is 17.0 Å². The van der Waals surface area contributed by atoms with Crippen molar-refractivity contribution in [3.63, 3.8) is 0 Å². The summed E-state index contributed by atoms with van der Waals surface area (Å²) in [4.78, 5) is 22.6. The molecule has 1 amide bonds. The molecule has 20 heavy (non-hydrogen) atoms. The van der Waals surface area contributed by atoms with Gasteiger partial charge in [-0.3, -0.25) is 4.79 Å². The quantitative estimate of drug-likeness (QED) is 0.903. The number of nitrogens with one attached hydrogen (secondary N) is 1. The molecular weight excluding hydrogens is 261 g/mol. The Morgan fingerprint density at radius 1 is 1.05 bits per heavy atom. The molecule has 0 bridgehead atoms. The maximum absolute atomic E-state index is 13.5. The second-order valence-corrected chi connectivity index (χ2v) is 4.32. The van der Waals surface area contributed by atoms with Crippen LogP contribution in [0.2, 0.25) is 0 Å². The summed E-state index contributed by atoms with van der Waals surface area (Å²) in [6, 6.07) is 9.82. The topological polar surface area (TPSA) is 66.4 Å². The summed E-state index contributed by atoms with van der Waals surface area (Å²) < 4.78 is 13.5. The fraction of sp³-hybridized carbons (Fsp3) is 0.0667. The van der Waals surface area contributed by atoms with Gasteiger partial charge in [-0.05, 0) is 48.9 Å². The molecule has 2 aromatic carbocycles. The van der Waals surface area contributed by atoms with Gasteiger partial charge in [0.1, 0.15) is 5.82 Å². The summed E-state index contributed by atoms with van der Waals surface area (Å²) in [6.07, 6.45) is 0. The number of benzene rings is 2. The lowest BCUT2D eigenvalue weighted by Gasteiger charge is -2.07. The molecule has 2 N–H and O–H groups in total. The van der Waals surface area contributed by atoms with Gasteiger partial charge in [-0.25, -0.2) is 9.18 Å². The zero-order chi connectivity index (χ0) is 14.7. The standard InChI is InChI=1S/C15H12FNO3/c1-9-2-7-12(16)13(8-9)17-14(18)10-3-5-11(6-4-10)15(19)20/h2-8H,1H3,(H,17,18)(H,19,20). The van der Waals surface area contributed by atoms with Gasteiger partial charge in [0, 0.05) is 5.56 Å². The summed E-state index contributed by atoms with van der Waals surface area (Å²) in [5.74, 6) is -2.08. The van der Waals surface area contributed by atoms with Crippen molar-refractivity contribution in [2.24, 2.45) is 0 Å². The molecule has 0 aliphatic carbocycles. The number of aryl methyl sites for hydroxylation is 1. The molecular formula is C15H12FNO3. The first-order valence-electron chi connectivity index (χ1n) is 5.88. The molecule has 0 aromatic heterocycles. The molecule has 0 radical (unpaired) electrons. The van der Waals surface area contributed by atoms with Crippen LogP contribution in [-0.2, 0) is 0 Å². The van der Waals surface area contributed by atoms with Gasteiger partial charge in [-0.1, -0.05) is 6.07 Å². The Balaban J connectivity index is 2.19. The third-order valence-corrected chi connectivity index (χ3v) is 2.76. The molecule has 4 nitrogen and oxygen atoms in total. The molecule has 0 heterocycles. The van der Waals surface area contributed by atoms with E-state index >= 15 is 0 Å². The van der Waals surface area contributed by atoms with Crippen LogP contribution in [0.1, 0.15) is 26.3 Å². The molecule has 0 aliphatic rings. The number of carbonyl (C=O) groups excluding carboxylic acids is 1. The second kappa shape index (κ2) is 5.52. The van der Waals surface area contributed by atoms with Crippen molar-refractivity contribution < 1.29 is 19.1 Å². The number of carboxylic acid groups (broad SMARTS) is 1. The number of aromatic carboxylic acids is 1. The Morgan fingerprint density at radius 2 is 1.65 bits per heavy atom. The van der Waals surface area contributed by atoms with E-state index in [-0.39, 0.29) is 16.8 Å². The van der Waals surface area contributed by atoms with Gasteiger partial charge in [0.15, 0.2) is 0 Å². The van der Waals surface area contributed by atoms with Crippen molar-refractivity contribution in [2.75, 3.05) is 5.32 Å². The summed E-state index contributed by atoms with van der Waals surface area (Å²) in [7, 11) is 0. The van der Waals surface area contributed by atoms with Gasteiger partial charge in [0.2, 0.25) is 0 Å². The molecule has 0 atom stereocenters. The first-order chi connectivity index (χ1) is 9.47. The minimum atomic E-state index is -1.07. The molecule has 2 rings (SSSR count). The highest BCUT2D eigenvalue weighted by Gasteiger charge is 2.10. The average Bonchev–Trinajstić information content (AvgIpc) is 2.43. The molecule has 5 heteroatoms. The van der Waals surface area contributed by atoms with E-state index in [4.69, 9.17) is 5.11 Å². The predicted molar refractivity (Wildman–Crippen MR) is 72.5 cm³/mol. The first-order valence-corrected chi connectivity index (χ1v) is 5.88. The summed E-state index contributed by atoms with van der Waals surface area (Å²) in [6.45, 7) is 1.79. The van der Waals surface area contributed by atoms with E-state index in [1.54, 1.807) is 13.0 Å². The zero-order valence-electron chi connectivity index (χ0n) is 10.7. The largest absolute Gasteiger partial charge is 0.478 e. The van der Waals surface area contributed by atoms with Crippen molar-refractivity contribution >= 4 is 17.6 Å². The van der Waals surface area contributed by atoms with Crippen LogP contribution < -0.4 is 5.32 Å². The Bertz CT molecular complexity index is 665. The van der Waals surface area contributed by atoms with Crippen molar-refractivity contribution in [1.29, 1.82) is 0 Å². The monoisotopic (exact) mass is 273 g/mol. The molecule has 102 valence electrons. The first kappa shape index (κ1) is 13.7. The normalized spacial score (nSPS) is 10.1. The smallest absolute Gasteiger partial charge is 0.335 e. The maximum Gasteiger partial charge on any atom is 0.335 e. The molecule has 0 saturated heterocycles. The summed E-state index contributed by atoms with van der Waals surface area (Å²) in [5.41, 5.74) is 1.26. The molecule has 0 saturated carbocycles. The minimum absolute atomic E-state index is 0.0864. The lowest BCUT2D eigenvalue weighted by atomic mass is 10.1. The minimum Gasteiger partial charge on any atom is -0.478 e. The van der Waals surface area contributed by atoms with Gasteiger partial charge in [-0.15, -0.1) is 0 Å². The number of hydrogen-bond donors (Lipinski definition) is 2.